The van der Waals surface area contributed by atoms with Crippen LogP contribution in [0.5, 0.6) is 0 Å². The third-order valence-electron chi connectivity index (χ3n) is 1.82. The van der Waals surface area contributed by atoms with Crippen LogP contribution in [0, 0.1) is 0 Å². The van der Waals surface area contributed by atoms with E-state index in [0.717, 1.165) is 43.0 Å². The molecule has 0 N–H and O–H groups in total. The third-order valence-corrected chi connectivity index (χ3v) is 1.82. The normalized spacial score (nSPS) is 17.8. The standard InChI is InChI=1S/C9H10O2/c10-6-2-5-8-3-1-4-9(8)7-11/h2,5-7H,1,3-4H2/b5-2+. The molecule has 0 fully saturated rings. The number of carbonyl (C=O) groups is 2. The highest BCUT2D eigenvalue weighted by molar-refractivity contribution is 5.77. The van der Waals surface area contributed by atoms with Gasteiger partial charge in [-0.15, -0.1) is 0 Å². The van der Waals surface area contributed by atoms with E-state index < -0.39 is 0 Å². The van der Waals surface area contributed by atoms with Gasteiger partial charge in [0, 0.05) is 0 Å². The Balaban J connectivity index is 2.74. The van der Waals surface area contributed by atoms with Gasteiger partial charge < -0.3 is 0 Å². The SMILES string of the molecule is O=C/C=C/C1=C(C=O)CCC1. The van der Waals surface area contributed by atoms with Crippen LogP contribution in [-0.4, -0.2) is 12.6 Å². The van der Waals surface area contributed by atoms with E-state index in [0.29, 0.717) is 0 Å². The van der Waals surface area contributed by atoms with E-state index in [9.17, 15) is 9.59 Å². The summed E-state index contributed by atoms with van der Waals surface area (Å²) in [5, 5.41) is 0. The highest BCUT2D eigenvalue weighted by Crippen LogP contribution is 2.24. The van der Waals surface area contributed by atoms with E-state index in [2.05, 4.69) is 0 Å². The topological polar surface area (TPSA) is 34.1 Å². The number of carbonyl (C=O) groups excluding carboxylic acids is 2. The molecule has 0 radical (unpaired) electrons. The molecule has 0 saturated carbocycles. The molecule has 0 spiro atoms. The summed E-state index contributed by atoms with van der Waals surface area (Å²) in [4.78, 5) is 20.4. The van der Waals surface area contributed by atoms with Crippen LogP contribution in [-0.2, 0) is 9.59 Å². The van der Waals surface area contributed by atoms with Gasteiger partial charge in [0.2, 0.25) is 0 Å². The van der Waals surface area contributed by atoms with Crippen LogP contribution >= 0.6 is 0 Å². The summed E-state index contributed by atoms with van der Waals surface area (Å²) in [6, 6.07) is 0. The van der Waals surface area contributed by atoms with Gasteiger partial charge in [-0.2, -0.15) is 0 Å². The minimum atomic E-state index is 0.730. The molecule has 0 aromatic heterocycles. The van der Waals surface area contributed by atoms with Gasteiger partial charge in [-0.05, 0) is 36.5 Å². The minimum absolute atomic E-state index is 0.730. The monoisotopic (exact) mass is 150 g/mol. The fraction of sp³-hybridized carbons (Fsp3) is 0.333. The van der Waals surface area contributed by atoms with Crippen LogP contribution in [0.3, 0.4) is 0 Å². The summed E-state index contributed by atoms with van der Waals surface area (Å²) >= 11 is 0. The Morgan fingerprint density at radius 2 is 1.82 bits per heavy atom. The first-order valence-electron chi connectivity index (χ1n) is 3.67. The Bertz CT molecular complexity index is 224. The summed E-state index contributed by atoms with van der Waals surface area (Å²) in [6.45, 7) is 0. The molecule has 0 atom stereocenters. The number of allylic oxidation sites excluding steroid dienone is 4. The van der Waals surface area contributed by atoms with E-state index in [1.165, 1.54) is 6.08 Å². The van der Waals surface area contributed by atoms with E-state index in [1.807, 2.05) is 0 Å². The van der Waals surface area contributed by atoms with Gasteiger partial charge in [0.25, 0.3) is 0 Å². The quantitative estimate of drug-likeness (QED) is 0.450. The maximum absolute atomic E-state index is 10.4. The van der Waals surface area contributed by atoms with Crippen LogP contribution in [0.25, 0.3) is 0 Å². The van der Waals surface area contributed by atoms with E-state index in [-0.39, 0.29) is 0 Å². The maximum atomic E-state index is 10.4. The second-order valence-electron chi connectivity index (χ2n) is 2.52. The van der Waals surface area contributed by atoms with Crippen molar-refractivity contribution in [3.63, 3.8) is 0 Å². The fourth-order valence-corrected chi connectivity index (χ4v) is 1.27. The van der Waals surface area contributed by atoms with Crippen molar-refractivity contribution in [1.82, 2.24) is 0 Å². The highest BCUT2D eigenvalue weighted by Gasteiger charge is 2.10. The molecule has 11 heavy (non-hydrogen) atoms. The molecule has 0 aliphatic heterocycles. The van der Waals surface area contributed by atoms with E-state index in [4.69, 9.17) is 0 Å². The predicted molar refractivity (Wildman–Crippen MR) is 42.1 cm³/mol. The molecule has 1 aliphatic rings. The molecule has 0 aromatic rings. The third kappa shape index (κ3) is 1.87. The lowest BCUT2D eigenvalue weighted by Crippen LogP contribution is -1.81. The molecule has 2 nitrogen and oxygen atoms in total. The fourth-order valence-electron chi connectivity index (χ4n) is 1.27. The van der Waals surface area contributed by atoms with E-state index >= 15 is 0 Å². The first kappa shape index (κ1) is 7.92. The zero-order valence-electron chi connectivity index (χ0n) is 6.25. The highest BCUT2D eigenvalue weighted by atomic mass is 16.1. The summed E-state index contributed by atoms with van der Waals surface area (Å²) < 4.78 is 0. The van der Waals surface area contributed by atoms with Crippen LogP contribution in [0.4, 0.5) is 0 Å². The smallest absolute Gasteiger partial charge is 0.146 e. The van der Waals surface area contributed by atoms with Crippen molar-refractivity contribution in [2.45, 2.75) is 19.3 Å². The first-order chi connectivity index (χ1) is 5.38. The molecule has 0 amide bonds. The minimum Gasteiger partial charge on any atom is -0.299 e. The van der Waals surface area contributed by atoms with Gasteiger partial charge in [-0.3, -0.25) is 9.59 Å². The van der Waals surface area contributed by atoms with Crippen LogP contribution in [0.15, 0.2) is 23.3 Å². The molecular weight excluding hydrogens is 140 g/mol. The summed E-state index contributed by atoms with van der Waals surface area (Å²) in [7, 11) is 0. The molecule has 2 heteroatoms. The van der Waals surface area contributed by atoms with Gasteiger partial charge in [-0.25, -0.2) is 0 Å². The summed E-state index contributed by atoms with van der Waals surface area (Å²) in [5.41, 5.74) is 1.87. The number of hydrogen-bond donors (Lipinski definition) is 0. The van der Waals surface area contributed by atoms with Gasteiger partial charge in [0.1, 0.15) is 12.6 Å². The van der Waals surface area contributed by atoms with Crippen molar-refractivity contribution in [3.8, 4) is 0 Å². The molecule has 0 unspecified atom stereocenters. The number of aldehydes is 2. The molecule has 1 rings (SSSR count). The van der Waals surface area contributed by atoms with Crippen LogP contribution in [0.1, 0.15) is 19.3 Å². The van der Waals surface area contributed by atoms with Gasteiger partial charge in [-0.1, -0.05) is 6.08 Å². The summed E-state index contributed by atoms with van der Waals surface area (Å²) in [5.74, 6) is 0. The largest absolute Gasteiger partial charge is 0.299 e. The maximum Gasteiger partial charge on any atom is 0.146 e. The van der Waals surface area contributed by atoms with Gasteiger partial charge in [0.05, 0.1) is 0 Å². The Hall–Kier alpha value is -1.18. The Morgan fingerprint density at radius 3 is 2.45 bits per heavy atom. The van der Waals surface area contributed by atoms with Crippen molar-refractivity contribution < 1.29 is 9.59 Å². The molecule has 0 saturated heterocycles. The zero-order chi connectivity index (χ0) is 8.10. The number of hydrogen-bond acceptors (Lipinski definition) is 2. The van der Waals surface area contributed by atoms with Crippen molar-refractivity contribution in [2.24, 2.45) is 0 Å². The molecule has 0 aromatic carbocycles. The Morgan fingerprint density at radius 1 is 1.09 bits per heavy atom. The second-order valence-corrected chi connectivity index (χ2v) is 2.52. The lowest BCUT2D eigenvalue weighted by Gasteiger charge is -1.90. The Kier molecular flexibility index (Phi) is 2.78. The van der Waals surface area contributed by atoms with Crippen molar-refractivity contribution in [2.75, 3.05) is 0 Å². The lowest BCUT2D eigenvalue weighted by atomic mass is 10.1. The molecule has 1 aliphatic carbocycles. The Labute approximate surface area is 65.6 Å². The molecule has 0 bridgehead atoms. The second kappa shape index (κ2) is 3.86. The van der Waals surface area contributed by atoms with Gasteiger partial charge in [0.15, 0.2) is 0 Å². The van der Waals surface area contributed by atoms with E-state index in [1.54, 1.807) is 6.08 Å². The average Bonchev–Trinajstić information content (AvgIpc) is 2.47. The van der Waals surface area contributed by atoms with Crippen molar-refractivity contribution in [3.05, 3.63) is 23.3 Å². The molecule has 0 heterocycles. The average molecular weight is 150 g/mol. The van der Waals surface area contributed by atoms with Crippen molar-refractivity contribution >= 4 is 12.6 Å². The molecular formula is C9H10O2. The lowest BCUT2D eigenvalue weighted by molar-refractivity contribution is -0.105. The van der Waals surface area contributed by atoms with Crippen LogP contribution in [0.2, 0.25) is 0 Å². The summed E-state index contributed by atoms with van der Waals surface area (Å²) in [6.07, 6.45) is 7.60. The van der Waals surface area contributed by atoms with Crippen molar-refractivity contribution in [1.29, 1.82) is 0 Å². The zero-order valence-corrected chi connectivity index (χ0v) is 6.25. The number of rotatable bonds is 3. The van der Waals surface area contributed by atoms with Gasteiger partial charge >= 0.3 is 0 Å². The first-order valence-corrected chi connectivity index (χ1v) is 3.67. The van der Waals surface area contributed by atoms with Crippen LogP contribution < -0.4 is 0 Å². The molecule has 58 valence electrons. The predicted octanol–water partition coefficient (Wildman–Crippen LogP) is 1.42.